The summed E-state index contributed by atoms with van der Waals surface area (Å²) >= 11 is 26.2. The van der Waals surface area contributed by atoms with Gasteiger partial charge in [0.1, 0.15) is 36.9 Å². The Morgan fingerprint density at radius 2 is 1.25 bits per heavy atom. The molecule has 3 aromatic rings. The summed E-state index contributed by atoms with van der Waals surface area (Å²) in [6.07, 6.45) is 0.277. The van der Waals surface area contributed by atoms with Gasteiger partial charge in [0.2, 0.25) is 0 Å². The number of epoxide rings is 2. The van der Waals surface area contributed by atoms with E-state index in [0.29, 0.717) is 80.5 Å². The van der Waals surface area contributed by atoms with Crippen LogP contribution >= 0.6 is 46.4 Å². The van der Waals surface area contributed by atoms with Gasteiger partial charge in [0.25, 0.3) is 0 Å². The van der Waals surface area contributed by atoms with Gasteiger partial charge in [-0.05, 0) is 30.3 Å². The maximum atomic E-state index is 6.56. The van der Waals surface area contributed by atoms with Gasteiger partial charge in [0.05, 0.1) is 44.7 Å². The zero-order valence-corrected chi connectivity index (χ0v) is 19.9. The van der Waals surface area contributed by atoms with Crippen LogP contribution in [0, 0.1) is 0 Å². The van der Waals surface area contributed by atoms with Crippen molar-refractivity contribution < 1.29 is 18.9 Å². The second-order valence-electron chi connectivity index (χ2n) is 7.59. The van der Waals surface area contributed by atoms with E-state index in [1.54, 1.807) is 36.0 Å². The molecule has 2 aliphatic heterocycles. The highest BCUT2D eigenvalue weighted by atomic mass is 35.5. The average Bonchev–Trinajstić information content (AvgIpc) is 3.64. The summed E-state index contributed by atoms with van der Waals surface area (Å²) < 4.78 is 23.4. The summed E-state index contributed by atoms with van der Waals surface area (Å²) in [5.74, 6) is 1.16. The van der Waals surface area contributed by atoms with Gasteiger partial charge in [-0.15, -0.1) is 0 Å². The molecule has 0 spiro atoms. The lowest BCUT2D eigenvalue weighted by atomic mass is 10.1. The first-order valence-corrected chi connectivity index (χ1v) is 11.4. The molecular formula is C22H18Cl4N2O4. The third-order valence-electron chi connectivity index (χ3n) is 5.10. The first-order chi connectivity index (χ1) is 15.4. The molecule has 0 radical (unpaired) electrons. The van der Waals surface area contributed by atoms with E-state index in [-0.39, 0.29) is 12.2 Å². The molecule has 1 aromatic heterocycles. The van der Waals surface area contributed by atoms with Gasteiger partial charge in [0, 0.05) is 18.2 Å². The standard InChI is InChI=1S/C22H18Cl4N2O4/c1-28-20(22-17(25)4-12(5-18(22)26)30-8-14-10-32-14)6-19(27-28)21-15(23)2-11(3-16(21)24)29-7-13-9-31-13/h2-6,13-14H,7-10H2,1H3. The van der Waals surface area contributed by atoms with Crippen LogP contribution < -0.4 is 9.47 Å². The third kappa shape index (κ3) is 4.81. The first-order valence-electron chi connectivity index (χ1n) is 9.90. The summed E-state index contributed by atoms with van der Waals surface area (Å²) in [4.78, 5) is 0. The molecule has 0 N–H and O–H groups in total. The maximum Gasteiger partial charge on any atom is 0.122 e. The Morgan fingerprint density at radius 3 is 1.69 bits per heavy atom. The number of rotatable bonds is 8. The molecule has 3 heterocycles. The van der Waals surface area contributed by atoms with E-state index in [2.05, 4.69) is 5.10 Å². The molecular weight excluding hydrogens is 498 g/mol. The lowest BCUT2D eigenvalue weighted by Gasteiger charge is -2.11. The van der Waals surface area contributed by atoms with Crippen LogP contribution in [0.4, 0.5) is 0 Å². The molecule has 0 amide bonds. The van der Waals surface area contributed by atoms with Crippen LogP contribution in [-0.4, -0.2) is 48.4 Å². The molecule has 168 valence electrons. The van der Waals surface area contributed by atoms with Gasteiger partial charge < -0.3 is 18.9 Å². The van der Waals surface area contributed by atoms with Crippen LogP contribution in [0.25, 0.3) is 22.5 Å². The summed E-state index contributed by atoms with van der Waals surface area (Å²) in [7, 11) is 1.80. The fourth-order valence-corrected chi connectivity index (χ4v) is 4.61. The molecule has 6 nitrogen and oxygen atoms in total. The minimum Gasteiger partial charge on any atom is -0.491 e. The van der Waals surface area contributed by atoms with Gasteiger partial charge in [-0.2, -0.15) is 5.10 Å². The minimum atomic E-state index is 0.138. The average molecular weight is 516 g/mol. The van der Waals surface area contributed by atoms with E-state index in [4.69, 9.17) is 65.4 Å². The fraction of sp³-hybridized carbons (Fsp3) is 0.318. The molecule has 2 unspecified atom stereocenters. The normalized spacial score (nSPS) is 19.2. The van der Waals surface area contributed by atoms with E-state index in [1.165, 1.54) is 0 Å². The summed E-state index contributed by atoms with van der Waals surface area (Å²) in [5.41, 5.74) is 2.54. The van der Waals surface area contributed by atoms with E-state index < -0.39 is 0 Å². The Kier molecular flexibility index (Phi) is 6.18. The highest BCUT2D eigenvalue weighted by Gasteiger charge is 2.25. The second-order valence-corrected chi connectivity index (χ2v) is 9.22. The molecule has 5 rings (SSSR count). The largest absolute Gasteiger partial charge is 0.491 e. The second kappa shape index (κ2) is 8.93. The van der Waals surface area contributed by atoms with Gasteiger partial charge in [-0.1, -0.05) is 46.4 Å². The van der Waals surface area contributed by atoms with Crippen molar-refractivity contribution in [3.05, 3.63) is 50.4 Å². The number of halogens is 4. The molecule has 2 aromatic carbocycles. The maximum absolute atomic E-state index is 6.56. The number of benzene rings is 2. The van der Waals surface area contributed by atoms with Crippen molar-refractivity contribution in [2.24, 2.45) is 7.05 Å². The zero-order valence-electron chi connectivity index (χ0n) is 16.9. The predicted octanol–water partition coefficient (Wildman–Crippen LogP) is 5.92. The van der Waals surface area contributed by atoms with Crippen LogP contribution in [0.3, 0.4) is 0 Å². The minimum absolute atomic E-state index is 0.138. The summed E-state index contributed by atoms with van der Waals surface area (Å²) in [6.45, 7) is 2.35. The molecule has 0 saturated carbocycles. The Bertz CT molecular complexity index is 1130. The topological polar surface area (TPSA) is 61.3 Å². The van der Waals surface area contributed by atoms with Gasteiger partial charge in [-0.25, -0.2) is 0 Å². The van der Waals surface area contributed by atoms with Crippen LogP contribution in [0.5, 0.6) is 11.5 Å². The number of hydrogen-bond acceptors (Lipinski definition) is 5. The van der Waals surface area contributed by atoms with Gasteiger partial charge in [0.15, 0.2) is 0 Å². The summed E-state index contributed by atoms with van der Waals surface area (Å²) in [5, 5.41) is 6.34. The summed E-state index contributed by atoms with van der Waals surface area (Å²) in [6, 6.07) is 8.74. The van der Waals surface area contributed by atoms with Crippen molar-refractivity contribution in [2.75, 3.05) is 26.4 Å². The van der Waals surface area contributed by atoms with Gasteiger partial charge >= 0.3 is 0 Å². The molecule has 2 fully saturated rings. The lowest BCUT2D eigenvalue weighted by Crippen LogP contribution is -2.04. The third-order valence-corrected chi connectivity index (χ3v) is 6.29. The SMILES string of the molecule is Cn1nc(-c2c(Cl)cc(OCC3CO3)cc2Cl)cc1-c1c(Cl)cc(OCC2CO2)cc1Cl. The van der Waals surface area contributed by atoms with Crippen molar-refractivity contribution in [3.63, 3.8) is 0 Å². The van der Waals surface area contributed by atoms with Crippen molar-refractivity contribution in [1.82, 2.24) is 9.78 Å². The van der Waals surface area contributed by atoms with Crippen LogP contribution in [0.15, 0.2) is 30.3 Å². The molecule has 0 bridgehead atoms. The highest BCUT2D eigenvalue weighted by molar-refractivity contribution is 6.40. The lowest BCUT2D eigenvalue weighted by molar-refractivity contribution is 0.263. The van der Waals surface area contributed by atoms with E-state index in [1.807, 2.05) is 6.07 Å². The Labute approximate surface area is 204 Å². The number of aromatic nitrogens is 2. The quantitative estimate of drug-likeness (QED) is 0.348. The van der Waals surface area contributed by atoms with Gasteiger partial charge in [-0.3, -0.25) is 4.68 Å². The highest BCUT2D eigenvalue weighted by Crippen LogP contribution is 2.42. The predicted molar refractivity (Wildman–Crippen MR) is 125 cm³/mol. The first kappa shape index (κ1) is 22.1. The Hall–Kier alpha value is -1.67. The van der Waals surface area contributed by atoms with E-state index >= 15 is 0 Å². The monoisotopic (exact) mass is 514 g/mol. The van der Waals surface area contributed by atoms with Crippen molar-refractivity contribution in [3.8, 4) is 34.0 Å². The van der Waals surface area contributed by atoms with Crippen LogP contribution in [0.2, 0.25) is 20.1 Å². The molecule has 2 aliphatic rings. The zero-order chi connectivity index (χ0) is 22.4. The fourth-order valence-electron chi connectivity index (χ4n) is 3.29. The van der Waals surface area contributed by atoms with Crippen LogP contribution in [0.1, 0.15) is 0 Å². The smallest absolute Gasteiger partial charge is 0.122 e. The molecule has 2 atom stereocenters. The van der Waals surface area contributed by atoms with E-state index in [9.17, 15) is 0 Å². The number of nitrogens with zero attached hydrogens (tertiary/aromatic N) is 2. The number of aryl methyl sites for hydroxylation is 1. The van der Waals surface area contributed by atoms with Crippen molar-refractivity contribution >= 4 is 46.4 Å². The molecule has 2 saturated heterocycles. The Balaban J connectivity index is 1.43. The number of ether oxygens (including phenoxy) is 4. The molecule has 32 heavy (non-hydrogen) atoms. The Morgan fingerprint density at radius 1 is 0.812 bits per heavy atom. The molecule has 0 aliphatic carbocycles. The molecule has 10 heteroatoms. The van der Waals surface area contributed by atoms with Crippen molar-refractivity contribution in [2.45, 2.75) is 12.2 Å². The van der Waals surface area contributed by atoms with Crippen LogP contribution in [-0.2, 0) is 16.5 Å². The van der Waals surface area contributed by atoms with Crippen molar-refractivity contribution in [1.29, 1.82) is 0 Å². The van der Waals surface area contributed by atoms with E-state index in [0.717, 1.165) is 0 Å². The number of hydrogen-bond donors (Lipinski definition) is 0.